The lowest BCUT2D eigenvalue weighted by atomic mass is 10.1. The Hall–Kier alpha value is -2.49. The molecule has 2 saturated heterocycles. The fourth-order valence-corrected chi connectivity index (χ4v) is 4.68. The van der Waals surface area contributed by atoms with E-state index in [1.165, 1.54) is 6.07 Å². The van der Waals surface area contributed by atoms with Crippen LogP contribution in [0.2, 0.25) is 0 Å². The summed E-state index contributed by atoms with van der Waals surface area (Å²) >= 11 is 0. The van der Waals surface area contributed by atoms with Crippen molar-refractivity contribution in [1.29, 1.82) is 0 Å². The number of carbonyl (C=O) groups is 1. The molecule has 7 nitrogen and oxygen atoms in total. The maximum absolute atomic E-state index is 13.9. The molecule has 9 heteroatoms. The summed E-state index contributed by atoms with van der Waals surface area (Å²) in [4.78, 5) is 17.8. The number of nitrogens with one attached hydrogen (secondary N) is 1. The van der Waals surface area contributed by atoms with Crippen LogP contribution in [0, 0.1) is 25.5 Å². The van der Waals surface area contributed by atoms with Gasteiger partial charge in [0.05, 0.1) is 32.1 Å². The number of hydrogen-bond acceptors (Lipinski definition) is 5. The Morgan fingerprint density at radius 2 is 1.67 bits per heavy atom. The lowest BCUT2D eigenvalue weighted by Gasteiger charge is -2.29. The standard InChI is InChI=1S/C24H32F2N4O3/c1-17-22(29-9-13-33-14-10-29)18(2)30(16-19-3-4-20(25)21(26)15-19)23(17)24(31)27-5-6-28-7-11-32-12-8-28/h3-4,15H,5-14,16H2,1-2H3,(H,27,31). The van der Waals surface area contributed by atoms with Crippen molar-refractivity contribution < 1.29 is 23.0 Å². The van der Waals surface area contributed by atoms with Crippen molar-refractivity contribution in [3.05, 3.63) is 52.3 Å². The highest BCUT2D eigenvalue weighted by molar-refractivity contribution is 5.96. The summed E-state index contributed by atoms with van der Waals surface area (Å²) < 4.78 is 40.1. The van der Waals surface area contributed by atoms with Gasteiger partial charge in [-0.05, 0) is 31.5 Å². The molecule has 1 aromatic carbocycles. The highest BCUT2D eigenvalue weighted by Crippen LogP contribution is 2.32. The van der Waals surface area contributed by atoms with Gasteiger partial charge >= 0.3 is 0 Å². The summed E-state index contributed by atoms with van der Waals surface area (Å²) in [6.07, 6.45) is 0. The van der Waals surface area contributed by atoms with Gasteiger partial charge in [0, 0.05) is 57.1 Å². The number of halogens is 2. The van der Waals surface area contributed by atoms with Gasteiger partial charge in [-0.3, -0.25) is 9.69 Å². The van der Waals surface area contributed by atoms with Crippen molar-refractivity contribution in [2.75, 3.05) is 70.6 Å². The Morgan fingerprint density at radius 1 is 1.00 bits per heavy atom. The molecule has 1 N–H and O–H groups in total. The number of amides is 1. The predicted octanol–water partition coefficient (Wildman–Crippen LogP) is 2.33. The second kappa shape index (κ2) is 10.6. The van der Waals surface area contributed by atoms with Gasteiger partial charge in [-0.1, -0.05) is 6.07 Å². The van der Waals surface area contributed by atoms with E-state index >= 15 is 0 Å². The number of rotatable bonds is 7. The molecular weight excluding hydrogens is 430 g/mol. The summed E-state index contributed by atoms with van der Waals surface area (Å²) in [5.74, 6) is -1.93. The molecule has 0 saturated carbocycles. The Kier molecular flexibility index (Phi) is 7.62. The van der Waals surface area contributed by atoms with E-state index in [-0.39, 0.29) is 12.5 Å². The highest BCUT2D eigenvalue weighted by Gasteiger charge is 2.27. The van der Waals surface area contributed by atoms with Crippen LogP contribution in [0.15, 0.2) is 18.2 Å². The topological polar surface area (TPSA) is 59.0 Å². The van der Waals surface area contributed by atoms with E-state index in [1.807, 2.05) is 18.4 Å². The van der Waals surface area contributed by atoms with Crippen molar-refractivity contribution in [2.24, 2.45) is 0 Å². The molecule has 0 atom stereocenters. The summed E-state index contributed by atoms with van der Waals surface area (Å²) in [5.41, 5.74) is 3.99. The van der Waals surface area contributed by atoms with Crippen molar-refractivity contribution in [3.63, 3.8) is 0 Å². The SMILES string of the molecule is Cc1c(N2CCOCC2)c(C)n(Cc2ccc(F)c(F)c2)c1C(=O)NCCN1CCOCC1. The minimum absolute atomic E-state index is 0.161. The molecule has 1 amide bonds. The van der Waals surface area contributed by atoms with E-state index in [4.69, 9.17) is 9.47 Å². The number of aromatic nitrogens is 1. The quantitative estimate of drug-likeness (QED) is 0.685. The second-order valence-electron chi connectivity index (χ2n) is 8.55. The van der Waals surface area contributed by atoms with Gasteiger partial charge in [-0.15, -0.1) is 0 Å². The van der Waals surface area contributed by atoms with Crippen LogP contribution in [0.5, 0.6) is 0 Å². The van der Waals surface area contributed by atoms with E-state index in [0.717, 1.165) is 55.7 Å². The third-order valence-electron chi connectivity index (χ3n) is 6.41. The molecule has 2 aliphatic rings. The monoisotopic (exact) mass is 462 g/mol. The minimum atomic E-state index is -0.890. The number of morpholine rings is 2. The number of carbonyl (C=O) groups excluding carboxylic acids is 1. The van der Waals surface area contributed by atoms with Gasteiger partial charge in [0.2, 0.25) is 0 Å². The summed E-state index contributed by atoms with van der Waals surface area (Å²) in [6, 6.07) is 3.88. The van der Waals surface area contributed by atoms with Crippen LogP contribution < -0.4 is 10.2 Å². The molecule has 2 aliphatic heterocycles. The molecule has 3 heterocycles. The van der Waals surface area contributed by atoms with Crippen molar-refractivity contribution in [1.82, 2.24) is 14.8 Å². The number of anilines is 1. The molecule has 180 valence electrons. The second-order valence-corrected chi connectivity index (χ2v) is 8.55. The van der Waals surface area contributed by atoms with Crippen LogP contribution in [0.25, 0.3) is 0 Å². The number of ether oxygens (including phenoxy) is 2. The molecular formula is C24H32F2N4O3. The predicted molar refractivity (Wildman–Crippen MR) is 122 cm³/mol. The molecule has 4 rings (SSSR count). The first-order chi connectivity index (χ1) is 16.0. The first-order valence-corrected chi connectivity index (χ1v) is 11.5. The van der Waals surface area contributed by atoms with Crippen LogP contribution in [0.3, 0.4) is 0 Å². The number of benzene rings is 1. The number of hydrogen-bond donors (Lipinski definition) is 1. The van der Waals surface area contributed by atoms with E-state index in [1.54, 1.807) is 6.07 Å². The van der Waals surface area contributed by atoms with Gasteiger partial charge in [0.15, 0.2) is 11.6 Å². The molecule has 2 fully saturated rings. The zero-order chi connectivity index (χ0) is 23.4. The molecule has 0 bridgehead atoms. The van der Waals surface area contributed by atoms with Gasteiger partial charge in [-0.2, -0.15) is 0 Å². The van der Waals surface area contributed by atoms with Crippen LogP contribution in [-0.4, -0.2) is 81.1 Å². The molecule has 33 heavy (non-hydrogen) atoms. The molecule has 2 aromatic rings. The lowest BCUT2D eigenvalue weighted by Crippen LogP contribution is -2.41. The molecule has 0 unspecified atom stereocenters. The summed E-state index contributed by atoms with van der Waals surface area (Å²) in [5, 5.41) is 3.06. The third kappa shape index (κ3) is 5.37. The Bertz CT molecular complexity index is 983. The van der Waals surface area contributed by atoms with Gasteiger partial charge < -0.3 is 24.3 Å². The van der Waals surface area contributed by atoms with Gasteiger partial charge in [0.1, 0.15) is 5.69 Å². The fourth-order valence-electron chi connectivity index (χ4n) is 4.68. The largest absolute Gasteiger partial charge is 0.379 e. The Morgan fingerprint density at radius 3 is 2.33 bits per heavy atom. The molecule has 0 radical (unpaired) electrons. The van der Waals surface area contributed by atoms with Crippen molar-refractivity contribution in [3.8, 4) is 0 Å². The van der Waals surface area contributed by atoms with E-state index in [2.05, 4.69) is 15.1 Å². The summed E-state index contributed by atoms with van der Waals surface area (Å²) in [7, 11) is 0. The third-order valence-corrected chi connectivity index (χ3v) is 6.41. The number of nitrogens with zero attached hydrogens (tertiary/aromatic N) is 3. The smallest absolute Gasteiger partial charge is 0.268 e. The van der Waals surface area contributed by atoms with E-state index in [0.29, 0.717) is 44.2 Å². The van der Waals surface area contributed by atoms with Crippen LogP contribution in [0.1, 0.15) is 27.3 Å². The Balaban J connectivity index is 1.59. The summed E-state index contributed by atoms with van der Waals surface area (Å²) in [6.45, 7) is 11.4. The highest BCUT2D eigenvalue weighted by atomic mass is 19.2. The lowest BCUT2D eigenvalue weighted by molar-refractivity contribution is 0.0383. The minimum Gasteiger partial charge on any atom is -0.379 e. The first-order valence-electron chi connectivity index (χ1n) is 11.5. The van der Waals surface area contributed by atoms with E-state index < -0.39 is 11.6 Å². The maximum atomic E-state index is 13.9. The average Bonchev–Trinajstić information content (AvgIpc) is 3.06. The van der Waals surface area contributed by atoms with Crippen LogP contribution in [0.4, 0.5) is 14.5 Å². The zero-order valence-corrected chi connectivity index (χ0v) is 19.3. The molecule has 1 aromatic heterocycles. The van der Waals surface area contributed by atoms with Crippen molar-refractivity contribution in [2.45, 2.75) is 20.4 Å². The van der Waals surface area contributed by atoms with E-state index in [9.17, 15) is 13.6 Å². The molecule has 0 spiro atoms. The van der Waals surface area contributed by atoms with Crippen LogP contribution >= 0.6 is 0 Å². The normalized spacial score (nSPS) is 17.4. The maximum Gasteiger partial charge on any atom is 0.268 e. The average molecular weight is 463 g/mol. The van der Waals surface area contributed by atoms with Crippen LogP contribution in [-0.2, 0) is 16.0 Å². The van der Waals surface area contributed by atoms with Gasteiger partial charge in [-0.25, -0.2) is 8.78 Å². The first kappa shape index (κ1) is 23.7. The van der Waals surface area contributed by atoms with Gasteiger partial charge in [0.25, 0.3) is 5.91 Å². The Labute approximate surface area is 193 Å². The van der Waals surface area contributed by atoms with Crippen molar-refractivity contribution >= 4 is 11.6 Å². The fraction of sp³-hybridized carbons (Fsp3) is 0.542. The molecule has 0 aliphatic carbocycles. The zero-order valence-electron chi connectivity index (χ0n) is 19.3.